The molecule has 3 rings (SSSR count). The number of anilines is 1. The third kappa shape index (κ3) is 3.99. The van der Waals surface area contributed by atoms with Gasteiger partial charge in [-0.1, -0.05) is 17.7 Å². The largest absolute Gasteiger partial charge is 0.399 e. The molecule has 0 atom stereocenters. The number of carbonyl (C=O) groups excluding carboxylic acids is 2. The lowest BCUT2D eigenvalue weighted by atomic mass is 10.1. The first-order valence-electron chi connectivity index (χ1n) is 8.55. The third-order valence-electron chi connectivity index (χ3n) is 4.49. The highest BCUT2D eigenvalue weighted by Crippen LogP contribution is 2.14. The molecule has 2 aromatic carbocycles. The fraction of sp³-hybridized carbons (Fsp3) is 0.300. The van der Waals surface area contributed by atoms with Crippen molar-refractivity contribution in [2.45, 2.75) is 13.3 Å². The van der Waals surface area contributed by atoms with Crippen LogP contribution in [-0.2, 0) is 0 Å². The van der Waals surface area contributed by atoms with E-state index in [2.05, 4.69) is 0 Å². The van der Waals surface area contributed by atoms with Crippen molar-refractivity contribution in [1.82, 2.24) is 9.80 Å². The van der Waals surface area contributed by atoms with Crippen molar-refractivity contribution >= 4 is 17.5 Å². The maximum atomic E-state index is 12.7. The number of aryl methyl sites for hydroxylation is 1. The second kappa shape index (κ2) is 7.38. The van der Waals surface area contributed by atoms with E-state index in [1.807, 2.05) is 41.0 Å². The van der Waals surface area contributed by atoms with Crippen molar-refractivity contribution in [3.05, 3.63) is 65.2 Å². The molecule has 0 aliphatic carbocycles. The zero-order valence-electron chi connectivity index (χ0n) is 14.4. The Hall–Kier alpha value is -2.82. The number of hydrogen-bond donors (Lipinski definition) is 1. The van der Waals surface area contributed by atoms with Gasteiger partial charge >= 0.3 is 0 Å². The van der Waals surface area contributed by atoms with Gasteiger partial charge < -0.3 is 15.5 Å². The standard InChI is InChI=1S/C20H23N3O2/c1-15-4-2-5-17(14-15)20(25)23-11-3-10-22(12-13-23)19(24)16-6-8-18(21)9-7-16/h2,4-9,14H,3,10-13,21H2,1H3. The normalized spacial score (nSPS) is 14.9. The zero-order valence-corrected chi connectivity index (χ0v) is 14.4. The third-order valence-corrected chi connectivity index (χ3v) is 4.49. The summed E-state index contributed by atoms with van der Waals surface area (Å²) in [6.07, 6.45) is 0.776. The summed E-state index contributed by atoms with van der Waals surface area (Å²) in [6.45, 7) is 4.39. The van der Waals surface area contributed by atoms with Gasteiger partial charge in [0, 0.05) is 43.0 Å². The number of nitrogens with zero attached hydrogens (tertiary/aromatic N) is 2. The van der Waals surface area contributed by atoms with Crippen LogP contribution in [0.5, 0.6) is 0 Å². The number of nitrogen functional groups attached to an aromatic ring is 1. The Kier molecular flexibility index (Phi) is 5.03. The molecule has 0 unspecified atom stereocenters. The minimum atomic E-state index is -0.00939. The first-order chi connectivity index (χ1) is 12.0. The van der Waals surface area contributed by atoms with Crippen LogP contribution >= 0.6 is 0 Å². The summed E-state index contributed by atoms with van der Waals surface area (Å²) < 4.78 is 0. The van der Waals surface area contributed by atoms with E-state index >= 15 is 0 Å². The fourth-order valence-electron chi connectivity index (χ4n) is 3.09. The van der Waals surface area contributed by atoms with Gasteiger partial charge in [0.05, 0.1) is 0 Å². The summed E-state index contributed by atoms with van der Waals surface area (Å²) in [5.74, 6) is 0.0235. The summed E-state index contributed by atoms with van der Waals surface area (Å²) >= 11 is 0. The molecule has 1 fully saturated rings. The Bertz CT molecular complexity index is 771. The van der Waals surface area contributed by atoms with Gasteiger partial charge in [0.25, 0.3) is 11.8 Å². The SMILES string of the molecule is Cc1cccc(C(=O)N2CCCN(C(=O)c3ccc(N)cc3)CC2)c1. The summed E-state index contributed by atoms with van der Waals surface area (Å²) in [5.41, 5.74) is 8.73. The van der Waals surface area contributed by atoms with Crippen LogP contribution in [0.25, 0.3) is 0 Å². The van der Waals surface area contributed by atoms with Gasteiger partial charge in [0.15, 0.2) is 0 Å². The van der Waals surface area contributed by atoms with Crippen LogP contribution in [-0.4, -0.2) is 47.8 Å². The van der Waals surface area contributed by atoms with Crippen molar-refractivity contribution in [1.29, 1.82) is 0 Å². The smallest absolute Gasteiger partial charge is 0.253 e. The van der Waals surface area contributed by atoms with Gasteiger partial charge in [-0.25, -0.2) is 0 Å². The summed E-state index contributed by atoms with van der Waals surface area (Å²) in [6, 6.07) is 14.6. The lowest BCUT2D eigenvalue weighted by Gasteiger charge is -2.22. The van der Waals surface area contributed by atoms with E-state index in [0.717, 1.165) is 12.0 Å². The van der Waals surface area contributed by atoms with E-state index < -0.39 is 0 Å². The molecule has 1 aliphatic heterocycles. The van der Waals surface area contributed by atoms with E-state index in [4.69, 9.17) is 5.73 Å². The number of carbonyl (C=O) groups is 2. The van der Waals surface area contributed by atoms with Gasteiger partial charge in [-0.05, 0) is 49.7 Å². The van der Waals surface area contributed by atoms with E-state index in [9.17, 15) is 9.59 Å². The van der Waals surface area contributed by atoms with Gasteiger partial charge in [-0.15, -0.1) is 0 Å². The lowest BCUT2D eigenvalue weighted by Crippen LogP contribution is -2.37. The average molecular weight is 337 g/mol. The van der Waals surface area contributed by atoms with Crippen LogP contribution in [0.1, 0.15) is 32.7 Å². The average Bonchev–Trinajstić information content (AvgIpc) is 2.87. The minimum Gasteiger partial charge on any atom is -0.399 e. The summed E-state index contributed by atoms with van der Waals surface area (Å²) in [4.78, 5) is 29.0. The van der Waals surface area contributed by atoms with Crippen LogP contribution < -0.4 is 5.73 Å². The highest BCUT2D eigenvalue weighted by atomic mass is 16.2. The number of nitrogens with two attached hydrogens (primary N) is 1. The lowest BCUT2D eigenvalue weighted by molar-refractivity contribution is 0.0718. The molecule has 2 N–H and O–H groups in total. The molecule has 5 heteroatoms. The molecule has 1 saturated heterocycles. The van der Waals surface area contributed by atoms with Crippen molar-refractivity contribution < 1.29 is 9.59 Å². The molecule has 2 amide bonds. The van der Waals surface area contributed by atoms with E-state index in [1.54, 1.807) is 24.3 Å². The van der Waals surface area contributed by atoms with Crippen molar-refractivity contribution in [2.75, 3.05) is 31.9 Å². The van der Waals surface area contributed by atoms with Crippen molar-refractivity contribution in [3.8, 4) is 0 Å². The molecule has 5 nitrogen and oxygen atoms in total. The van der Waals surface area contributed by atoms with Gasteiger partial charge in [0.1, 0.15) is 0 Å². The van der Waals surface area contributed by atoms with Crippen LogP contribution in [0.4, 0.5) is 5.69 Å². The fourth-order valence-corrected chi connectivity index (χ4v) is 3.09. The van der Waals surface area contributed by atoms with Gasteiger partial charge in [-0.2, -0.15) is 0 Å². The first-order valence-corrected chi connectivity index (χ1v) is 8.55. The predicted molar refractivity (Wildman–Crippen MR) is 98.5 cm³/mol. The summed E-state index contributed by atoms with van der Waals surface area (Å²) in [5, 5.41) is 0. The number of hydrogen-bond acceptors (Lipinski definition) is 3. The van der Waals surface area contributed by atoms with Crippen molar-refractivity contribution in [2.24, 2.45) is 0 Å². The Balaban J connectivity index is 1.67. The molecule has 1 aliphatic rings. The molecular weight excluding hydrogens is 314 g/mol. The second-order valence-electron chi connectivity index (χ2n) is 6.43. The quantitative estimate of drug-likeness (QED) is 0.857. The highest BCUT2D eigenvalue weighted by Gasteiger charge is 2.23. The molecule has 0 saturated carbocycles. The van der Waals surface area contributed by atoms with Gasteiger partial charge in [-0.3, -0.25) is 9.59 Å². The second-order valence-corrected chi connectivity index (χ2v) is 6.43. The predicted octanol–water partition coefficient (Wildman–Crippen LogP) is 2.57. The highest BCUT2D eigenvalue weighted by molar-refractivity contribution is 5.95. The van der Waals surface area contributed by atoms with E-state index in [-0.39, 0.29) is 11.8 Å². The molecule has 0 spiro atoms. The monoisotopic (exact) mass is 337 g/mol. The Morgan fingerprint density at radius 3 is 2.04 bits per heavy atom. The molecule has 0 bridgehead atoms. The Labute approximate surface area is 148 Å². The number of amides is 2. The van der Waals surface area contributed by atoms with Crippen LogP contribution in [0.2, 0.25) is 0 Å². The Morgan fingerprint density at radius 1 is 0.840 bits per heavy atom. The summed E-state index contributed by atoms with van der Waals surface area (Å²) in [7, 11) is 0. The topological polar surface area (TPSA) is 66.6 Å². The van der Waals surface area contributed by atoms with Crippen LogP contribution in [0.3, 0.4) is 0 Å². The molecule has 0 radical (unpaired) electrons. The minimum absolute atomic E-state index is 0.00939. The molecule has 2 aromatic rings. The molecule has 25 heavy (non-hydrogen) atoms. The zero-order chi connectivity index (χ0) is 17.8. The molecule has 130 valence electrons. The first kappa shape index (κ1) is 17.0. The van der Waals surface area contributed by atoms with Crippen LogP contribution in [0.15, 0.2) is 48.5 Å². The molecule has 1 heterocycles. The Morgan fingerprint density at radius 2 is 1.44 bits per heavy atom. The number of rotatable bonds is 2. The van der Waals surface area contributed by atoms with Crippen LogP contribution in [0, 0.1) is 6.92 Å². The molecule has 0 aromatic heterocycles. The van der Waals surface area contributed by atoms with E-state index in [0.29, 0.717) is 43.0 Å². The van der Waals surface area contributed by atoms with E-state index in [1.165, 1.54) is 0 Å². The maximum Gasteiger partial charge on any atom is 0.253 e. The number of benzene rings is 2. The molecular formula is C20H23N3O2. The maximum absolute atomic E-state index is 12.7. The van der Waals surface area contributed by atoms with Crippen molar-refractivity contribution in [3.63, 3.8) is 0 Å². The van der Waals surface area contributed by atoms with Gasteiger partial charge in [0.2, 0.25) is 0 Å².